The van der Waals surface area contributed by atoms with Gasteiger partial charge in [0.25, 0.3) is 5.91 Å². The summed E-state index contributed by atoms with van der Waals surface area (Å²) in [6.45, 7) is -2.98. The molecule has 1 aliphatic rings. The van der Waals surface area contributed by atoms with Crippen LogP contribution in [0, 0.1) is 5.82 Å². The van der Waals surface area contributed by atoms with E-state index in [1.165, 1.54) is 18.2 Å². The molecule has 0 saturated heterocycles. The van der Waals surface area contributed by atoms with Crippen molar-refractivity contribution in [3.8, 4) is 23.0 Å². The van der Waals surface area contributed by atoms with Crippen LogP contribution in [0.15, 0.2) is 73.2 Å². The van der Waals surface area contributed by atoms with E-state index in [1.54, 1.807) is 53.4 Å². The topological polar surface area (TPSA) is 108 Å². The molecule has 0 bridgehead atoms. The number of benzene rings is 2. The first kappa shape index (κ1) is 24.5. The molecule has 0 atom stereocenters. The summed E-state index contributed by atoms with van der Waals surface area (Å²) in [5, 5.41) is 11.6. The summed E-state index contributed by atoms with van der Waals surface area (Å²) in [7, 11) is 0. The van der Waals surface area contributed by atoms with Gasteiger partial charge in [-0.2, -0.15) is 8.78 Å². The molecule has 1 aliphatic carbocycles. The maximum absolute atomic E-state index is 14.9. The Kier molecular flexibility index (Phi) is 6.35. The fourth-order valence-corrected chi connectivity index (χ4v) is 4.67. The lowest BCUT2D eigenvalue weighted by atomic mass is 9.79. The van der Waals surface area contributed by atoms with Gasteiger partial charge >= 0.3 is 6.61 Å². The van der Waals surface area contributed by atoms with Gasteiger partial charge in [-0.15, -0.1) is 10.2 Å². The van der Waals surface area contributed by atoms with Crippen molar-refractivity contribution in [2.75, 3.05) is 0 Å². The summed E-state index contributed by atoms with van der Waals surface area (Å²) in [5.74, 6) is -0.216. The van der Waals surface area contributed by atoms with Crippen molar-refractivity contribution < 1.29 is 22.7 Å². The molecule has 2 aromatic carbocycles. The number of aromatic nitrogens is 6. The lowest BCUT2D eigenvalue weighted by molar-refractivity contribution is -0.0500. The molecule has 0 radical (unpaired) electrons. The van der Waals surface area contributed by atoms with Crippen molar-refractivity contribution in [2.45, 2.75) is 31.4 Å². The number of fused-ring (bicyclic) bond motifs is 1. The second kappa shape index (κ2) is 10.1. The minimum atomic E-state index is -2.98. The van der Waals surface area contributed by atoms with Crippen molar-refractivity contribution in [2.24, 2.45) is 0 Å². The maximum Gasteiger partial charge on any atom is 0.387 e. The van der Waals surface area contributed by atoms with E-state index in [-0.39, 0.29) is 35.1 Å². The molecule has 5 aromatic rings. The lowest BCUT2D eigenvalue weighted by Gasteiger charge is -2.35. The molecule has 3 heterocycles. The normalized spacial score (nSPS) is 16.7. The van der Waals surface area contributed by atoms with Gasteiger partial charge in [-0.25, -0.2) is 9.37 Å². The van der Waals surface area contributed by atoms with Crippen LogP contribution in [-0.2, 0) is 0 Å². The largest absolute Gasteiger partial charge is 0.433 e. The van der Waals surface area contributed by atoms with Crippen LogP contribution in [0.3, 0.4) is 0 Å². The second-order valence-electron chi connectivity index (χ2n) is 8.99. The van der Waals surface area contributed by atoms with E-state index in [1.807, 2.05) is 0 Å². The van der Waals surface area contributed by atoms with E-state index in [9.17, 15) is 18.0 Å². The van der Waals surface area contributed by atoms with Crippen LogP contribution in [-0.4, -0.2) is 48.3 Å². The van der Waals surface area contributed by atoms with Gasteiger partial charge < -0.3 is 10.1 Å². The summed E-state index contributed by atoms with van der Waals surface area (Å²) >= 11 is 0. The van der Waals surface area contributed by atoms with Gasteiger partial charge in [0.2, 0.25) is 0 Å². The Morgan fingerprint density at radius 1 is 0.974 bits per heavy atom. The van der Waals surface area contributed by atoms with Crippen LogP contribution >= 0.6 is 0 Å². The van der Waals surface area contributed by atoms with E-state index in [2.05, 4.69) is 35.2 Å². The standard InChI is InChI=1S/C27H20F3N7O2/c28-19-5-1-2-7-22(19)37-24(35-36-25(37)21-9-8-17(14-33-21)39-27(29)30)15-12-16(13-15)34-26(38)18-4-3-6-20-23(18)32-11-10-31-20/h1-11,14-16,27H,12-13H2,(H,34,38). The van der Waals surface area contributed by atoms with Crippen molar-refractivity contribution >= 4 is 16.9 Å². The zero-order valence-corrected chi connectivity index (χ0v) is 20.2. The second-order valence-corrected chi connectivity index (χ2v) is 8.99. The molecule has 1 amide bonds. The predicted molar refractivity (Wildman–Crippen MR) is 134 cm³/mol. The third-order valence-corrected chi connectivity index (χ3v) is 6.55. The minimum absolute atomic E-state index is 0.110. The van der Waals surface area contributed by atoms with Crippen LogP contribution in [0.4, 0.5) is 13.2 Å². The molecule has 3 aromatic heterocycles. The Morgan fingerprint density at radius 3 is 2.56 bits per heavy atom. The van der Waals surface area contributed by atoms with Crippen LogP contribution in [0.1, 0.15) is 34.9 Å². The van der Waals surface area contributed by atoms with Crippen LogP contribution in [0.2, 0.25) is 0 Å². The molecule has 1 saturated carbocycles. The number of rotatable bonds is 7. The Morgan fingerprint density at radius 2 is 1.79 bits per heavy atom. The molecule has 0 aliphatic heterocycles. The monoisotopic (exact) mass is 531 g/mol. The van der Waals surface area contributed by atoms with Crippen LogP contribution in [0.25, 0.3) is 28.2 Å². The van der Waals surface area contributed by atoms with Crippen molar-refractivity contribution in [3.63, 3.8) is 0 Å². The van der Waals surface area contributed by atoms with Gasteiger partial charge in [0.15, 0.2) is 5.82 Å². The number of halogens is 3. The number of nitrogens with zero attached hydrogens (tertiary/aromatic N) is 6. The van der Waals surface area contributed by atoms with E-state index in [4.69, 9.17) is 0 Å². The Labute approximate surface area is 219 Å². The summed E-state index contributed by atoms with van der Waals surface area (Å²) < 4.78 is 45.9. The summed E-state index contributed by atoms with van der Waals surface area (Å²) in [6, 6.07) is 14.1. The first-order chi connectivity index (χ1) is 19.0. The highest BCUT2D eigenvalue weighted by atomic mass is 19.3. The van der Waals surface area contributed by atoms with Crippen LogP contribution < -0.4 is 10.1 Å². The Bertz CT molecular complexity index is 1650. The molecule has 196 valence electrons. The maximum atomic E-state index is 14.9. The van der Waals surface area contributed by atoms with Gasteiger partial charge in [-0.1, -0.05) is 18.2 Å². The van der Waals surface area contributed by atoms with Crippen molar-refractivity contribution in [1.29, 1.82) is 0 Å². The molecule has 0 spiro atoms. The Hall–Kier alpha value is -4.87. The number of hydrogen-bond acceptors (Lipinski definition) is 7. The number of carbonyl (C=O) groups is 1. The highest BCUT2D eigenvalue weighted by Crippen LogP contribution is 2.39. The van der Waals surface area contributed by atoms with E-state index < -0.39 is 12.4 Å². The summed E-state index contributed by atoms with van der Waals surface area (Å²) in [6.07, 6.45) is 5.38. The number of para-hydroxylation sites is 2. The molecule has 12 heteroatoms. The van der Waals surface area contributed by atoms with Gasteiger partial charge in [0.1, 0.15) is 28.6 Å². The summed E-state index contributed by atoms with van der Waals surface area (Å²) in [5.41, 5.74) is 2.12. The van der Waals surface area contributed by atoms with Gasteiger partial charge in [0, 0.05) is 24.4 Å². The number of hydrogen-bond donors (Lipinski definition) is 1. The van der Waals surface area contributed by atoms with E-state index in [0.717, 1.165) is 6.20 Å². The zero-order chi connectivity index (χ0) is 26.9. The smallest absolute Gasteiger partial charge is 0.387 e. The Balaban J connectivity index is 1.25. The SMILES string of the molecule is O=C(NC1CC(c2nnc(-c3ccc(OC(F)F)cn3)n2-c2ccccc2F)C1)c1cccc2nccnc12. The number of alkyl halides is 2. The average molecular weight is 531 g/mol. The number of pyridine rings is 1. The third kappa shape index (κ3) is 4.76. The fraction of sp³-hybridized carbons (Fsp3) is 0.185. The molecule has 39 heavy (non-hydrogen) atoms. The zero-order valence-electron chi connectivity index (χ0n) is 20.2. The number of carbonyl (C=O) groups excluding carboxylic acids is 1. The third-order valence-electron chi connectivity index (χ3n) is 6.55. The number of amides is 1. The molecular formula is C27H20F3N7O2. The molecule has 9 nitrogen and oxygen atoms in total. The first-order valence-corrected chi connectivity index (χ1v) is 12.1. The molecule has 1 N–H and O–H groups in total. The predicted octanol–water partition coefficient (Wildman–Crippen LogP) is 4.69. The van der Waals surface area contributed by atoms with Gasteiger partial charge in [0.05, 0.1) is 23.0 Å². The highest BCUT2D eigenvalue weighted by Gasteiger charge is 2.37. The number of nitrogens with one attached hydrogen (secondary N) is 1. The highest BCUT2D eigenvalue weighted by molar-refractivity contribution is 6.04. The van der Waals surface area contributed by atoms with Crippen LogP contribution in [0.5, 0.6) is 5.75 Å². The molecular weight excluding hydrogens is 511 g/mol. The van der Waals surface area contributed by atoms with E-state index >= 15 is 0 Å². The van der Waals surface area contributed by atoms with Gasteiger partial charge in [-0.3, -0.25) is 19.3 Å². The fourth-order valence-electron chi connectivity index (χ4n) is 4.67. The first-order valence-electron chi connectivity index (χ1n) is 12.1. The lowest BCUT2D eigenvalue weighted by Crippen LogP contribution is -2.44. The molecule has 1 fully saturated rings. The quantitative estimate of drug-likeness (QED) is 0.325. The van der Waals surface area contributed by atoms with Crippen molar-refractivity contribution in [1.82, 2.24) is 35.0 Å². The number of ether oxygens (including phenoxy) is 1. The van der Waals surface area contributed by atoms with Crippen molar-refractivity contribution in [3.05, 3.63) is 90.4 Å². The molecule has 6 rings (SSSR count). The molecule has 0 unspecified atom stereocenters. The van der Waals surface area contributed by atoms with Gasteiger partial charge in [-0.05, 0) is 49.2 Å². The minimum Gasteiger partial charge on any atom is -0.433 e. The average Bonchev–Trinajstić information content (AvgIpc) is 3.34. The van der Waals surface area contributed by atoms with E-state index in [0.29, 0.717) is 41.0 Å². The summed E-state index contributed by atoms with van der Waals surface area (Å²) in [4.78, 5) is 25.7.